The molecule has 3 heterocycles. The number of thioether (sulfide) groups is 1. The van der Waals surface area contributed by atoms with Crippen LogP contribution in [0.3, 0.4) is 0 Å². The summed E-state index contributed by atoms with van der Waals surface area (Å²) in [5, 5.41) is 18.4. The van der Waals surface area contributed by atoms with E-state index in [4.69, 9.17) is 4.74 Å². The zero-order valence-electron chi connectivity index (χ0n) is 21.0. The Bertz CT molecular complexity index is 1260. The largest absolute Gasteiger partial charge is 1.00 e. The summed E-state index contributed by atoms with van der Waals surface area (Å²) in [4.78, 5) is 41.7. The number of thiophene rings is 1. The second-order valence-electron chi connectivity index (χ2n) is 8.87. The summed E-state index contributed by atoms with van der Waals surface area (Å²) < 4.78 is 6.02. The van der Waals surface area contributed by atoms with Crippen LogP contribution in [-0.2, 0) is 25.5 Å². The SMILES string of the molecule is CC([O-])C1=CS[C@@H]2C(NC(=O)Cc3cccs3)C(=O)N2C1C(=O)OC(c1ccccc1)c1ccccc1.[Li+]. The maximum absolute atomic E-state index is 13.7. The Labute approximate surface area is 241 Å². The first kappa shape index (κ1) is 28.2. The van der Waals surface area contributed by atoms with Crippen LogP contribution in [0.4, 0.5) is 0 Å². The van der Waals surface area contributed by atoms with Crippen LogP contribution in [0.5, 0.6) is 0 Å². The molecule has 190 valence electrons. The van der Waals surface area contributed by atoms with Crippen molar-refractivity contribution < 1.29 is 43.1 Å². The van der Waals surface area contributed by atoms with Gasteiger partial charge in [-0.2, -0.15) is 0 Å². The number of rotatable bonds is 8. The molecule has 0 saturated carbocycles. The molecule has 1 fully saturated rings. The molecular weight excluding hydrogens is 515 g/mol. The summed E-state index contributed by atoms with van der Waals surface area (Å²) in [6.07, 6.45) is -1.74. The van der Waals surface area contributed by atoms with Crippen LogP contribution in [0.2, 0.25) is 0 Å². The minimum Gasteiger partial charge on any atom is -0.849 e. The van der Waals surface area contributed by atoms with Gasteiger partial charge in [0.2, 0.25) is 11.8 Å². The summed E-state index contributed by atoms with van der Waals surface area (Å²) in [7, 11) is 0. The van der Waals surface area contributed by atoms with E-state index in [1.165, 1.54) is 34.9 Å². The molecule has 2 aliphatic rings. The summed E-state index contributed by atoms with van der Waals surface area (Å²) in [5.74, 6) is -1.34. The Morgan fingerprint density at radius 1 is 1.03 bits per heavy atom. The smallest absolute Gasteiger partial charge is 0.849 e. The van der Waals surface area contributed by atoms with E-state index in [9.17, 15) is 19.5 Å². The van der Waals surface area contributed by atoms with Gasteiger partial charge in [0, 0.05) is 4.88 Å². The van der Waals surface area contributed by atoms with Crippen molar-refractivity contribution in [2.24, 2.45) is 0 Å². The van der Waals surface area contributed by atoms with Crippen LogP contribution >= 0.6 is 23.1 Å². The van der Waals surface area contributed by atoms with Gasteiger partial charge >= 0.3 is 24.8 Å². The molecule has 3 aromatic rings. The predicted molar refractivity (Wildman–Crippen MR) is 140 cm³/mol. The third-order valence-electron chi connectivity index (χ3n) is 6.38. The Morgan fingerprint density at radius 3 is 2.21 bits per heavy atom. The standard InChI is InChI=1S/C28H25N2O5S2.Li/c1-17(31)21-16-37-27-23(29-22(32)15-20-13-8-14-36-20)26(33)30(27)24(21)28(34)35-25(18-9-4-2-5-10-18)19-11-6-3-7-12-19;/h2-14,16-17,23-25,27H,15H2,1H3,(H,29,32);/q-1;+1/t17?,23?,24?,27-;/m1./s1. The van der Waals surface area contributed by atoms with Crippen LogP contribution in [0.15, 0.2) is 89.2 Å². The normalized spacial score (nSPS) is 20.9. The van der Waals surface area contributed by atoms with Crippen molar-refractivity contribution in [1.82, 2.24) is 10.2 Å². The van der Waals surface area contributed by atoms with Gasteiger partial charge in [-0.05, 0) is 33.6 Å². The van der Waals surface area contributed by atoms with E-state index >= 15 is 0 Å². The fraction of sp³-hybridized carbons (Fsp3) is 0.250. The molecular formula is C28H25LiN2O5S2. The molecule has 0 aliphatic carbocycles. The average molecular weight is 541 g/mol. The van der Waals surface area contributed by atoms with Gasteiger partial charge in [-0.15, -0.1) is 29.2 Å². The molecule has 1 saturated heterocycles. The van der Waals surface area contributed by atoms with E-state index in [0.29, 0.717) is 0 Å². The van der Waals surface area contributed by atoms with E-state index in [1.807, 2.05) is 78.2 Å². The van der Waals surface area contributed by atoms with Gasteiger partial charge in [-0.1, -0.05) is 73.7 Å². The summed E-state index contributed by atoms with van der Waals surface area (Å²) >= 11 is 2.74. The molecule has 0 bridgehead atoms. The van der Waals surface area contributed by atoms with Crippen molar-refractivity contribution in [2.75, 3.05) is 0 Å². The fourth-order valence-electron chi connectivity index (χ4n) is 4.54. The quantitative estimate of drug-likeness (QED) is 0.246. The zero-order chi connectivity index (χ0) is 25.9. The number of nitrogens with one attached hydrogen (secondary N) is 1. The van der Waals surface area contributed by atoms with Gasteiger partial charge in [-0.25, -0.2) is 4.79 Å². The van der Waals surface area contributed by atoms with E-state index in [0.717, 1.165) is 16.0 Å². The van der Waals surface area contributed by atoms with Crippen molar-refractivity contribution in [2.45, 2.75) is 43.0 Å². The van der Waals surface area contributed by atoms with Gasteiger partial charge in [0.15, 0.2) is 12.1 Å². The van der Waals surface area contributed by atoms with Crippen molar-refractivity contribution in [3.05, 3.63) is 105 Å². The number of amides is 2. The molecule has 2 amide bonds. The topological polar surface area (TPSA) is 98.8 Å². The zero-order valence-corrected chi connectivity index (χ0v) is 22.6. The summed E-state index contributed by atoms with van der Waals surface area (Å²) in [6, 6.07) is 20.5. The average Bonchev–Trinajstić information content (AvgIpc) is 3.43. The molecule has 38 heavy (non-hydrogen) atoms. The first-order valence-corrected chi connectivity index (χ1v) is 13.7. The molecule has 0 radical (unpaired) electrons. The number of hydrogen-bond acceptors (Lipinski definition) is 7. The van der Waals surface area contributed by atoms with Gasteiger partial charge in [0.1, 0.15) is 11.4 Å². The number of esters is 1. The van der Waals surface area contributed by atoms with Gasteiger partial charge in [0.25, 0.3) is 0 Å². The third kappa shape index (κ3) is 5.77. The molecule has 0 spiro atoms. The maximum Gasteiger partial charge on any atom is 1.00 e. The van der Waals surface area contributed by atoms with E-state index < -0.39 is 41.5 Å². The van der Waals surface area contributed by atoms with E-state index in [-0.39, 0.29) is 36.8 Å². The van der Waals surface area contributed by atoms with E-state index in [1.54, 1.807) is 5.41 Å². The molecule has 2 aliphatic heterocycles. The molecule has 4 atom stereocenters. The molecule has 5 rings (SSSR count). The van der Waals surface area contributed by atoms with Crippen LogP contribution in [0, 0.1) is 0 Å². The van der Waals surface area contributed by atoms with Crippen LogP contribution in [-0.4, -0.2) is 46.2 Å². The number of hydrogen-bond donors (Lipinski definition) is 1. The Balaban J connectivity index is 0.00000336. The molecule has 2 aromatic carbocycles. The molecule has 10 heteroatoms. The Morgan fingerprint density at radius 2 is 1.66 bits per heavy atom. The van der Waals surface area contributed by atoms with Crippen molar-refractivity contribution in [3.8, 4) is 0 Å². The van der Waals surface area contributed by atoms with E-state index in [2.05, 4.69) is 5.32 Å². The maximum atomic E-state index is 13.7. The second kappa shape index (κ2) is 12.4. The van der Waals surface area contributed by atoms with Gasteiger partial charge in [0.05, 0.1) is 6.42 Å². The number of β-lactam (4-membered cyclic amide) rings is 1. The monoisotopic (exact) mass is 540 g/mol. The number of fused-ring (bicyclic) bond motifs is 1. The van der Waals surface area contributed by atoms with Crippen molar-refractivity contribution in [3.63, 3.8) is 0 Å². The second-order valence-corrected chi connectivity index (χ2v) is 10.9. The summed E-state index contributed by atoms with van der Waals surface area (Å²) in [6.45, 7) is 1.45. The van der Waals surface area contributed by atoms with Crippen LogP contribution in [0.1, 0.15) is 29.0 Å². The Kier molecular flexibility index (Phi) is 9.18. The first-order valence-electron chi connectivity index (χ1n) is 11.9. The molecule has 7 nitrogen and oxygen atoms in total. The Hall–Kier alpha value is -2.80. The fourth-order valence-corrected chi connectivity index (χ4v) is 6.56. The number of nitrogens with zero attached hydrogens (tertiary/aromatic N) is 1. The number of ether oxygens (including phenoxy) is 1. The molecule has 1 aromatic heterocycles. The first-order chi connectivity index (χ1) is 17.9. The number of carbonyl (C=O) groups is 3. The van der Waals surface area contributed by atoms with Gasteiger partial charge < -0.3 is 20.1 Å². The van der Waals surface area contributed by atoms with Crippen LogP contribution in [0.25, 0.3) is 0 Å². The van der Waals surface area contributed by atoms with Crippen molar-refractivity contribution >= 4 is 40.9 Å². The molecule has 1 N–H and O–H groups in total. The van der Waals surface area contributed by atoms with Crippen LogP contribution < -0.4 is 29.3 Å². The third-order valence-corrected chi connectivity index (χ3v) is 8.44. The minimum atomic E-state index is -1.21. The summed E-state index contributed by atoms with van der Waals surface area (Å²) in [5.41, 5.74) is 1.83. The predicted octanol–water partition coefficient (Wildman–Crippen LogP) is 0.0286. The van der Waals surface area contributed by atoms with Gasteiger partial charge in [-0.3, -0.25) is 9.59 Å². The number of carbonyl (C=O) groups excluding carboxylic acids is 3. The van der Waals surface area contributed by atoms with Crippen molar-refractivity contribution in [1.29, 1.82) is 0 Å². The molecule has 3 unspecified atom stereocenters. The minimum absolute atomic E-state index is 0. The number of benzene rings is 2.